The number of rotatable bonds is 7. The highest BCUT2D eigenvalue weighted by molar-refractivity contribution is 8.00. The molecule has 0 unspecified atom stereocenters. The largest absolute Gasteiger partial charge is 0.497 e. The number of esters is 1. The van der Waals surface area contributed by atoms with E-state index in [1.165, 1.54) is 18.7 Å². The number of benzene rings is 1. The molecule has 0 saturated carbocycles. The molecule has 8 heteroatoms. The molecule has 0 spiro atoms. The Morgan fingerprint density at radius 2 is 2.04 bits per heavy atom. The quantitative estimate of drug-likeness (QED) is 0.606. The second-order valence-electron chi connectivity index (χ2n) is 4.91. The number of carbonyl (C=O) groups excluding carboxylic acids is 2. The fraction of sp³-hybridized carbons (Fsp3) is 0.312. The Hall–Kier alpha value is -2.48. The van der Waals surface area contributed by atoms with E-state index in [0.29, 0.717) is 5.76 Å². The SMILES string of the molecule is COc1ccc(SCC(=O)O[C@@H](C)C(=O)Nc2cc(C)on2)cc1. The van der Waals surface area contributed by atoms with Crippen molar-refractivity contribution < 1.29 is 23.6 Å². The van der Waals surface area contributed by atoms with Crippen LogP contribution in [-0.2, 0) is 14.3 Å². The zero-order valence-electron chi connectivity index (χ0n) is 13.6. The number of nitrogens with one attached hydrogen (secondary N) is 1. The third-order valence-electron chi connectivity index (χ3n) is 2.97. The normalized spacial score (nSPS) is 11.6. The Labute approximate surface area is 143 Å². The lowest BCUT2D eigenvalue weighted by molar-refractivity contribution is -0.150. The summed E-state index contributed by atoms with van der Waals surface area (Å²) in [6, 6.07) is 8.89. The lowest BCUT2D eigenvalue weighted by Gasteiger charge is -2.12. The van der Waals surface area contributed by atoms with Gasteiger partial charge >= 0.3 is 5.97 Å². The Bertz CT molecular complexity index is 699. The lowest BCUT2D eigenvalue weighted by atomic mass is 10.3. The van der Waals surface area contributed by atoms with E-state index in [-0.39, 0.29) is 11.6 Å². The van der Waals surface area contributed by atoms with Gasteiger partial charge < -0.3 is 19.3 Å². The average Bonchev–Trinajstić information content (AvgIpc) is 2.98. The van der Waals surface area contributed by atoms with E-state index in [1.807, 2.05) is 24.3 Å². The molecule has 1 heterocycles. The van der Waals surface area contributed by atoms with Crippen LogP contribution in [-0.4, -0.2) is 36.0 Å². The molecule has 7 nitrogen and oxygen atoms in total. The Balaban J connectivity index is 1.77. The first kappa shape index (κ1) is 17.9. The van der Waals surface area contributed by atoms with Crippen LogP contribution in [0.2, 0.25) is 0 Å². The highest BCUT2D eigenvalue weighted by atomic mass is 32.2. The molecule has 0 aliphatic carbocycles. The molecule has 0 fully saturated rings. The van der Waals surface area contributed by atoms with Crippen LogP contribution in [0.1, 0.15) is 12.7 Å². The number of hydrogen-bond acceptors (Lipinski definition) is 7. The van der Waals surface area contributed by atoms with Gasteiger partial charge in [0.1, 0.15) is 11.5 Å². The van der Waals surface area contributed by atoms with Crippen LogP contribution in [0.25, 0.3) is 0 Å². The minimum Gasteiger partial charge on any atom is -0.497 e. The fourth-order valence-electron chi connectivity index (χ4n) is 1.75. The van der Waals surface area contributed by atoms with Crippen LogP contribution in [0, 0.1) is 6.92 Å². The molecule has 2 rings (SSSR count). The standard InChI is InChI=1S/C16H18N2O5S/c1-10-8-14(18-23-10)17-16(20)11(2)22-15(19)9-24-13-6-4-12(21-3)5-7-13/h4-8,11H,9H2,1-3H3,(H,17,18,20)/t11-/m0/s1. The maximum atomic E-state index is 11.9. The first-order chi connectivity index (χ1) is 11.5. The van der Waals surface area contributed by atoms with Crippen LogP contribution in [0.15, 0.2) is 39.8 Å². The van der Waals surface area contributed by atoms with Gasteiger partial charge in [-0.3, -0.25) is 9.59 Å². The number of carbonyl (C=O) groups is 2. The maximum Gasteiger partial charge on any atom is 0.317 e. The first-order valence-electron chi connectivity index (χ1n) is 7.18. The van der Waals surface area contributed by atoms with Crippen molar-refractivity contribution in [2.75, 3.05) is 18.2 Å². The van der Waals surface area contributed by atoms with Gasteiger partial charge in [0, 0.05) is 11.0 Å². The van der Waals surface area contributed by atoms with Crippen LogP contribution >= 0.6 is 11.8 Å². The second kappa shape index (κ2) is 8.39. The summed E-state index contributed by atoms with van der Waals surface area (Å²) < 4.78 is 15.0. The molecular formula is C16H18N2O5S. The Kier molecular flexibility index (Phi) is 6.25. The number of amides is 1. The second-order valence-corrected chi connectivity index (χ2v) is 5.96. The number of hydrogen-bond donors (Lipinski definition) is 1. The van der Waals surface area contributed by atoms with Crippen LogP contribution < -0.4 is 10.1 Å². The summed E-state index contributed by atoms with van der Waals surface area (Å²) in [5, 5.41) is 6.16. The van der Waals surface area contributed by atoms with Crippen molar-refractivity contribution in [2.24, 2.45) is 0 Å². The molecule has 0 saturated heterocycles. The molecule has 0 bridgehead atoms. The molecular weight excluding hydrogens is 332 g/mol. The number of aryl methyl sites for hydroxylation is 1. The van der Waals surface area contributed by atoms with Gasteiger partial charge in [0.2, 0.25) is 0 Å². The molecule has 1 N–H and O–H groups in total. The summed E-state index contributed by atoms with van der Waals surface area (Å²) in [4.78, 5) is 24.6. The minimum atomic E-state index is -0.925. The number of nitrogens with zero attached hydrogens (tertiary/aromatic N) is 1. The summed E-state index contributed by atoms with van der Waals surface area (Å²) in [5.74, 6) is 0.766. The monoisotopic (exact) mass is 350 g/mol. The highest BCUT2D eigenvalue weighted by Crippen LogP contribution is 2.21. The number of aromatic nitrogens is 1. The van der Waals surface area contributed by atoms with Gasteiger partial charge in [-0.05, 0) is 38.1 Å². The van der Waals surface area contributed by atoms with E-state index in [1.54, 1.807) is 20.1 Å². The maximum absolute atomic E-state index is 11.9. The molecule has 0 aliphatic rings. The molecule has 1 atom stereocenters. The van der Waals surface area contributed by atoms with Gasteiger partial charge in [0.05, 0.1) is 12.9 Å². The minimum absolute atomic E-state index is 0.104. The van der Waals surface area contributed by atoms with Crippen LogP contribution in [0.3, 0.4) is 0 Å². The van der Waals surface area contributed by atoms with Gasteiger partial charge in [-0.2, -0.15) is 0 Å². The van der Waals surface area contributed by atoms with Gasteiger partial charge in [0.25, 0.3) is 5.91 Å². The molecule has 1 aromatic carbocycles. The van der Waals surface area contributed by atoms with Crippen molar-refractivity contribution in [3.63, 3.8) is 0 Å². The summed E-state index contributed by atoms with van der Waals surface area (Å²) in [5.41, 5.74) is 0. The van der Waals surface area contributed by atoms with E-state index in [4.69, 9.17) is 14.0 Å². The highest BCUT2D eigenvalue weighted by Gasteiger charge is 2.19. The number of anilines is 1. The molecule has 1 aromatic heterocycles. The number of methoxy groups -OCH3 is 1. The predicted octanol–water partition coefficient (Wildman–Crippen LogP) is 2.65. The fourth-order valence-corrected chi connectivity index (χ4v) is 2.43. The number of thioether (sulfide) groups is 1. The Morgan fingerprint density at radius 1 is 1.33 bits per heavy atom. The molecule has 0 aliphatic heterocycles. The van der Waals surface area contributed by atoms with Crippen molar-refractivity contribution in [1.82, 2.24) is 5.16 Å². The van der Waals surface area contributed by atoms with Gasteiger partial charge in [-0.25, -0.2) is 0 Å². The van der Waals surface area contributed by atoms with Crippen molar-refractivity contribution in [3.05, 3.63) is 36.1 Å². The van der Waals surface area contributed by atoms with Gasteiger partial charge in [-0.1, -0.05) is 5.16 Å². The van der Waals surface area contributed by atoms with E-state index in [9.17, 15) is 9.59 Å². The number of ether oxygens (including phenoxy) is 2. The van der Waals surface area contributed by atoms with E-state index in [0.717, 1.165) is 10.6 Å². The van der Waals surface area contributed by atoms with E-state index in [2.05, 4.69) is 10.5 Å². The third-order valence-corrected chi connectivity index (χ3v) is 3.96. The lowest BCUT2D eigenvalue weighted by Crippen LogP contribution is -2.30. The smallest absolute Gasteiger partial charge is 0.317 e. The van der Waals surface area contributed by atoms with Gasteiger partial charge in [0.15, 0.2) is 11.9 Å². The summed E-state index contributed by atoms with van der Waals surface area (Å²) in [6.45, 7) is 3.21. The molecule has 1 amide bonds. The van der Waals surface area contributed by atoms with Crippen molar-refractivity contribution >= 4 is 29.5 Å². The topological polar surface area (TPSA) is 90.7 Å². The van der Waals surface area contributed by atoms with Crippen molar-refractivity contribution in [1.29, 1.82) is 0 Å². The molecule has 2 aromatic rings. The van der Waals surface area contributed by atoms with E-state index >= 15 is 0 Å². The summed E-state index contributed by atoms with van der Waals surface area (Å²) in [6.07, 6.45) is -0.925. The van der Waals surface area contributed by atoms with Crippen molar-refractivity contribution in [3.8, 4) is 5.75 Å². The van der Waals surface area contributed by atoms with Crippen molar-refractivity contribution in [2.45, 2.75) is 24.8 Å². The summed E-state index contributed by atoms with van der Waals surface area (Å²) in [7, 11) is 1.59. The van der Waals surface area contributed by atoms with Crippen LogP contribution in [0.5, 0.6) is 5.75 Å². The van der Waals surface area contributed by atoms with Crippen LogP contribution in [0.4, 0.5) is 5.82 Å². The third kappa shape index (κ3) is 5.31. The zero-order valence-corrected chi connectivity index (χ0v) is 14.4. The first-order valence-corrected chi connectivity index (χ1v) is 8.17. The van der Waals surface area contributed by atoms with E-state index < -0.39 is 18.0 Å². The molecule has 128 valence electrons. The predicted molar refractivity (Wildman–Crippen MR) is 89.1 cm³/mol. The summed E-state index contributed by atoms with van der Waals surface area (Å²) >= 11 is 1.32. The average molecular weight is 350 g/mol. The molecule has 24 heavy (non-hydrogen) atoms. The zero-order chi connectivity index (χ0) is 17.5. The van der Waals surface area contributed by atoms with Gasteiger partial charge in [-0.15, -0.1) is 11.8 Å². The molecule has 0 radical (unpaired) electrons. The Morgan fingerprint density at radius 3 is 2.62 bits per heavy atom.